The fourth-order valence-corrected chi connectivity index (χ4v) is 1.13. The largest absolute Gasteiger partial charge is 0.364 e. The Hall–Kier alpha value is -0.790. The molecule has 0 atom stereocenters. The maximum Gasteiger partial charge on any atom is 0.127 e. The lowest BCUT2D eigenvalue weighted by Crippen LogP contribution is -2.15. The van der Waals surface area contributed by atoms with Gasteiger partial charge in [0.1, 0.15) is 6.26 Å². The van der Waals surface area contributed by atoms with Crippen molar-refractivity contribution >= 4 is 0 Å². The van der Waals surface area contributed by atoms with Crippen LogP contribution in [0.2, 0.25) is 0 Å². The predicted molar refractivity (Wildman–Crippen MR) is 44.6 cm³/mol. The first-order chi connectivity index (χ1) is 5.08. The van der Waals surface area contributed by atoms with Crippen molar-refractivity contribution in [2.75, 3.05) is 0 Å². The first-order valence-electron chi connectivity index (χ1n) is 3.99. The molecule has 0 bridgehead atoms. The maximum atomic E-state index is 4.88. The molecule has 0 saturated heterocycles. The summed E-state index contributed by atoms with van der Waals surface area (Å²) in [7, 11) is 0. The summed E-state index contributed by atoms with van der Waals surface area (Å²) in [5.74, 6) is 0. The molecule has 0 spiro atoms. The van der Waals surface area contributed by atoms with Gasteiger partial charge >= 0.3 is 0 Å². The average Bonchev–Trinajstić information content (AvgIpc) is 2.36. The minimum Gasteiger partial charge on any atom is -0.364 e. The molecule has 0 aromatic carbocycles. The van der Waals surface area contributed by atoms with Crippen LogP contribution >= 0.6 is 0 Å². The van der Waals surface area contributed by atoms with Gasteiger partial charge in [-0.15, -0.1) is 0 Å². The summed E-state index contributed by atoms with van der Waals surface area (Å²) in [6.07, 6.45) is 2.86. The van der Waals surface area contributed by atoms with Crippen LogP contribution in [-0.4, -0.2) is 5.16 Å². The number of aromatic nitrogens is 1. The molecule has 11 heavy (non-hydrogen) atoms. The first-order valence-corrected chi connectivity index (χ1v) is 3.99. The Kier molecular flexibility index (Phi) is 2.03. The monoisotopic (exact) mass is 153 g/mol. The highest BCUT2D eigenvalue weighted by Crippen LogP contribution is 2.28. The Morgan fingerprint density at radius 3 is 2.55 bits per heavy atom. The highest BCUT2D eigenvalue weighted by atomic mass is 16.5. The summed E-state index contributed by atoms with van der Waals surface area (Å²) >= 11 is 0. The molecular formula is C9H15NO. The molecule has 0 radical (unpaired) electrons. The number of hydrogen-bond donors (Lipinski definition) is 0. The first kappa shape index (κ1) is 8.31. The zero-order valence-electron chi connectivity index (χ0n) is 7.64. The van der Waals surface area contributed by atoms with Crippen molar-refractivity contribution < 1.29 is 4.52 Å². The van der Waals surface area contributed by atoms with Crippen LogP contribution in [0.3, 0.4) is 0 Å². The molecule has 0 unspecified atom stereocenters. The molecule has 0 aliphatic heterocycles. The van der Waals surface area contributed by atoms with E-state index in [1.54, 1.807) is 6.26 Å². The Balaban J connectivity index is 3.00. The summed E-state index contributed by atoms with van der Waals surface area (Å²) in [5.41, 5.74) is 2.43. The fourth-order valence-electron chi connectivity index (χ4n) is 1.13. The van der Waals surface area contributed by atoms with E-state index in [0.717, 1.165) is 12.1 Å². The fraction of sp³-hybridized carbons (Fsp3) is 0.667. The Labute approximate surface area is 67.6 Å². The van der Waals surface area contributed by atoms with E-state index in [0.29, 0.717) is 0 Å². The molecule has 0 saturated carbocycles. The molecule has 2 heteroatoms. The van der Waals surface area contributed by atoms with E-state index >= 15 is 0 Å². The number of nitrogens with zero attached hydrogens (tertiary/aromatic N) is 1. The summed E-state index contributed by atoms with van der Waals surface area (Å²) in [4.78, 5) is 0. The Morgan fingerprint density at radius 1 is 1.55 bits per heavy atom. The highest BCUT2D eigenvalue weighted by Gasteiger charge is 2.22. The van der Waals surface area contributed by atoms with E-state index in [-0.39, 0.29) is 5.41 Å². The lowest BCUT2D eigenvalue weighted by molar-refractivity contribution is 0.410. The molecule has 1 aromatic heterocycles. The van der Waals surface area contributed by atoms with Crippen LogP contribution in [0.15, 0.2) is 10.8 Å². The topological polar surface area (TPSA) is 26.0 Å². The van der Waals surface area contributed by atoms with Crippen LogP contribution in [0.25, 0.3) is 0 Å². The van der Waals surface area contributed by atoms with E-state index in [4.69, 9.17) is 4.52 Å². The zero-order valence-corrected chi connectivity index (χ0v) is 7.64. The quantitative estimate of drug-likeness (QED) is 0.652. The third-order valence-corrected chi connectivity index (χ3v) is 2.36. The standard InChI is InChI=1S/C9H15NO/c1-5-9(3,4)8-6-11-10-7(8)2/h6H,5H2,1-4H3. The smallest absolute Gasteiger partial charge is 0.127 e. The van der Waals surface area contributed by atoms with Gasteiger partial charge in [-0.1, -0.05) is 25.9 Å². The van der Waals surface area contributed by atoms with Gasteiger partial charge < -0.3 is 4.52 Å². The molecule has 1 aromatic rings. The van der Waals surface area contributed by atoms with Crippen molar-refractivity contribution in [1.82, 2.24) is 5.16 Å². The lowest BCUT2D eigenvalue weighted by atomic mass is 9.83. The van der Waals surface area contributed by atoms with Crippen LogP contribution in [0.5, 0.6) is 0 Å². The predicted octanol–water partition coefficient (Wildman–Crippen LogP) is 2.67. The highest BCUT2D eigenvalue weighted by molar-refractivity contribution is 5.22. The van der Waals surface area contributed by atoms with Gasteiger partial charge in [0.05, 0.1) is 5.69 Å². The van der Waals surface area contributed by atoms with E-state index in [2.05, 4.69) is 25.9 Å². The Morgan fingerprint density at radius 2 is 2.18 bits per heavy atom. The second kappa shape index (κ2) is 2.68. The van der Waals surface area contributed by atoms with Crippen LogP contribution < -0.4 is 0 Å². The van der Waals surface area contributed by atoms with Crippen molar-refractivity contribution in [3.63, 3.8) is 0 Å². The summed E-state index contributed by atoms with van der Waals surface area (Å²) < 4.78 is 4.88. The van der Waals surface area contributed by atoms with Crippen LogP contribution in [0.1, 0.15) is 38.4 Å². The van der Waals surface area contributed by atoms with E-state index in [1.165, 1.54) is 5.56 Å². The third kappa shape index (κ3) is 1.44. The van der Waals surface area contributed by atoms with Gasteiger partial charge in [0.15, 0.2) is 0 Å². The molecule has 0 aliphatic rings. The van der Waals surface area contributed by atoms with Crippen molar-refractivity contribution in [3.8, 4) is 0 Å². The van der Waals surface area contributed by atoms with E-state index in [9.17, 15) is 0 Å². The van der Waals surface area contributed by atoms with Crippen molar-refractivity contribution in [2.24, 2.45) is 0 Å². The van der Waals surface area contributed by atoms with Gasteiger partial charge in [-0.25, -0.2) is 0 Å². The van der Waals surface area contributed by atoms with Gasteiger partial charge in [0, 0.05) is 5.56 Å². The molecule has 0 amide bonds. The summed E-state index contributed by atoms with van der Waals surface area (Å²) in [6.45, 7) is 8.56. The molecule has 1 heterocycles. The van der Waals surface area contributed by atoms with Crippen molar-refractivity contribution in [3.05, 3.63) is 17.5 Å². The number of hydrogen-bond acceptors (Lipinski definition) is 2. The van der Waals surface area contributed by atoms with Crippen molar-refractivity contribution in [1.29, 1.82) is 0 Å². The molecule has 0 N–H and O–H groups in total. The molecule has 62 valence electrons. The second-order valence-electron chi connectivity index (χ2n) is 3.55. The maximum absolute atomic E-state index is 4.88. The Bertz CT molecular complexity index is 237. The summed E-state index contributed by atoms with van der Waals surface area (Å²) in [5, 5.41) is 3.86. The van der Waals surface area contributed by atoms with Gasteiger partial charge in [-0.3, -0.25) is 0 Å². The average molecular weight is 153 g/mol. The summed E-state index contributed by atoms with van der Waals surface area (Å²) in [6, 6.07) is 0. The second-order valence-corrected chi connectivity index (χ2v) is 3.55. The van der Waals surface area contributed by atoms with Gasteiger partial charge in [0.2, 0.25) is 0 Å². The molecule has 0 fully saturated rings. The van der Waals surface area contributed by atoms with E-state index in [1.807, 2.05) is 6.92 Å². The number of aryl methyl sites for hydroxylation is 1. The molecular weight excluding hydrogens is 138 g/mol. The SMILES string of the molecule is CCC(C)(C)c1conc1C. The van der Waals surface area contributed by atoms with Gasteiger partial charge in [-0.05, 0) is 18.8 Å². The minimum absolute atomic E-state index is 0.198. The van der Waals surface area contributed by atoms with Crippen LogP contribution in [0, 0.1) is 6.92 Å². The third-order valence-electron chi connectivity index (χ3n) is 2.36. The molecule has 0 aliphatic carbocycles. The van der Waals surface area contributed by atoms with Crippen LogP contribution in [0.4, 0.5) is 0 Å². The molecule has 2 nitrogen and oxygen atoms in total. The zero-order chi connectivity index (χ0) is 8.48. The van der Waals surface area contributed by atoms with Crippen LogP contribution in [-0.2, 0) is 5.41 Å². The number of rotatable bonds is 2. The minimum atomic E-state index is 0.198. The van der Waals surface area contributed by atoms with E-state index < -0.39 is 0 Å². The van der Waals surface area contributed by atoms with Crippen molar-refractivity contribution in [2.45, 2.75) is 39.5 Å². The molecule has 1 rings (SSSR count). The van der Waals surface area contributed by atoms with Gasteiger partial charge in [0.25, 0.3) is 0 Å². The normalized spacial score (nSPS) is 12.0. The van der Waals surface area contributed by atoms with Gasteiger partial charge in [-0.2, -0.15) is 0 Å². The lowest BCUT2D eigenvalue weighted by Gasteiger charge is -2.20.